The molecule has 0 aliphatic heterocycles. The fraction of sp³-hybridized carbons (Fsp3) is 0.500. The van der Waals surface area contributed by atoms with E-state index in [-0.39, 0.29) is 6.10 Å². The first-order chi connectivity index (χ1) is 7.00. The number of halogens is 1. The first-order valence-corrected chi connectivity index (χ1v) is 5.44. The quantitative estimate of drug-likeness (QED) is 0.858. The molecule has 1 N–H and O–H groups in total. The van der Waals surface area contributed by atoms with E-state index in [2.05, 4.69) is 0 Å². The largest absolute Gasteiger partial charge is 0.386 e. The van der Waals surface area contributed by atoms with Gasteiger partial charge in [-0.25, -0.2) is 0 Å². The maximum absolute atomic E-state index is 9.80. The van der Waals surface area contributed by atoms with Gasteiger partial charge in [-0.1, -0.05) is 23.7 Å². The molecular formula is C12H17ClO2. The second kappa shape index (κ2) is 5.50. The highest BCUT2D eigenvalue weighted by Crippen LogP contribution is 2.21. The second-order valence-electron chi connectivity index (χ2n) is 3.91. The number of rotatable bonds is 4. The number of benzene rings is 1. The highest BCUT2D eigenvalue weighted by Gasteiger charge is 2.09. The van der Waals surface area contributed by atoms with Gasteiger partial charge in [-0.3, -0.25) is 0 Å². The van der Waals surface area contributed by atoms with Gasteiger partial charge in [-0.2, -0.15) is 0 Å². The zero-order valence-electron chi connectivity index (χ0n) is 9.33. The summed E-state index contributed by atoms with van der Waals surface area (Å²) in [5.74, 6) is 0. The molecule has 0 radical (unpaired) electrons. The summed E-state index contributed by atoms with van der Waals surface area (Å²) in [4.78, 5) is 0. The van der Waals surface area contributed by atoms with Crippen molar-refractivity contribution in [3.63, 3.8) is 0 Å². The SMILES string of the molecule is Cc1ccc(C(O)COC(C)C)cc1Cl. The van der Waals surface area contributed by atoms with Gasteiger partial charge in [0.05, 0.1) is 12.7 Å². The minimum absolute atomic E-state index is 0.126. The first-order valence-electron chi connectivity index (χ1n) is 5.06. The number of hydrogen-bond acceptors (Lipinski definition) is 2. The van der Waals surface area contributed by atoms with Crippen LogP contribution in [0.1, 0.15) is 31.1 Å². The van der Waals surface area contributed by atoms with Gasteiger partial charge in [0, 0.05) is 5.02 Å². The van der Waals surface area contributed by atoms with E-state index < -0.39 is 6.10 Å². The van der Waals surface area contributed by atoms with Crippen LogP contribution in [0.25, 0.3) is 0 Å². The molecule has 0 spiro atoms. The zero-order chi connectivity index (χ0) is 11.4. The third-order valence-corrected chi connectivity index (χ3v) is 2.58. The molecule has 15 heavy (non-hydrogen) atoms. The average Bonchev–Trinajstić information content (AvgIpc) is 2.18. The van der Waals surface area contributed by atoms with Crippen LogP contribution in [0, 0.1) is 6.92 Å². The molecule has 0 aliphatic rings. The maximum atomic E-state index is 9.80. The Labute approximate surface area is 95.8 Å². The molecule has 2 nitrogen and oxygen atoms in total. The number of aliphatic hydroxyl groups excluding tert-OH is 1. The molecule has 0 heterocycles. The van der Waals surface area contributed by atoms with E-state index in [1.54, 1.807) is 6.07 Å². The average molecular weight is 229 g/mol. The molecule has 3 heteroatoms. The Kier molecular flexibility index (Phi) is 4.58. The van der Waals surface area contributed by atoms with Crippen molar-refractivity contribution in [3.8, 4) is 0 Å². The van der Waals surface area contributed by atoms with Crippen LogP contribution in [0.5, 0.6) is 0 Å². The predicted molar refractivity (Wildman–Crippen MR) is 62.2 cm³/mol. The molecule has 0 aliphatic carbocycles. The van der Waals surface area contributed by atoms with E-state index in [9.17, 15) is 5.11 Å². The van der Waals surface area contributed by atoms with E-state index in [1.807, 2.05) is 32.9 Å². The first kappa shape index (κ1) is 12.5. The lowest BCUT2D eigenvalue weighted by molar-refractivity contribution is 0.00493. The summed E-state index contributed by atoms with van der Waals surface area (Å²) >= 11 is 5.97. The van der Waals surface area contributed by atoms with E-state index in [4.69, 9.17) is 16.3 Å². The van der Waals surface area contributed by atoms with E-state index >= 15 is 0 Å². The van der Waals surface area contributed by atoms with Crippen molar-refractivity contribution in [1.82, 2.24) is 0 Å². The van der Waals surface area contributed by atoms with Gasteiger partial charge in [0.1, 0.15) is 6.10 Å². The van der Waals surface area contributed by atoms with Gasteiger partial charge < -0.3 is 9.84 Å². The Hall–Kier alpha value is -0.570. The lowest BCUT2D eigenvalue weighted by Gasteiger charge is -2.14. The second-order valence-corrected chi connectivity index (χ2v) is 4.31. The molecule has 0 amide bonds. The van der Waals surface area contributed by atoms with Crippen LogP contribution in [-0.4, -0.2) is 17.8 Å². The molecule has 0 fully saturated rings. The molecule has 0 saturated heterocycles. The fourth-order valence-electron chi connectivity index (χ4n) is 1.20. The minimum atomic E-state index is -0.606. The number of ether oxygens (including phenoxy) is 1. The van der Waals surface area contributed by atoms with Crippen molar-refractivity contribution < 1.29 is 9.84 Å². The van der Waals surface area contributed by atoms with Crippen molar-refractivity contribution in [2.45, 2.75) is 33.0 Å². The van der Waals surface area contributed by atoms with Gasteiger partial charge in [-0.15, -0.1) is 0 Å². The predicted octanol–water partition coefficient (Wildman–Crippen LogP) is 3.11. The standard InChI is InChI=1S/C12H17ClO2/c1-8(2)15-7-12(14)10-5-4-9(3)11(13)6-10/h4-6,8,12,14H,7H2,1-3H3. The summed E-state index contributed by atoms with van der Waals surface area (Å²) in [6.45, 7) is 6.11. The summed E-state index contributed by atoms with van der Waals surface area (Å²) < 4.78 is 5.34. The molecule has 0 bridgehead atoms. The van der Waals surface area contributed by atoms with Gasteiger partial charge in [0.15, 0.2) is 0 Å². The van der Waals surface area contributed by atoms with E-state index in [0.717, 1.165) is 11.1 Å². The van der Waals surface area contributed by atoms with Gasteiger partial charge in [0.25, 0.3) is 0 Å². The molecular weight excluding hydrogens is 212 g/mol. The third-order valence-electron chi connectivity index (χ3n) is 2.17. The van der Waals surface area contributed by atoms with Gasteiger partial charge in [0.2, 0.25) is 0 Å². The van der Waals surface area contributed by atoms with Crippen LogP contribution in [0.4, 0.5) is 0 Å². The maximum Gasteiger partial charge on any atom is 0.102 e. The zero-order valence-corrected chi connectivity index (χ0v) is 10.1. The Bertz CT molecular complexity index is 323. The molecule has 0 saturated carbocycles. The molecule has 1 unspecified atom stereocenters. The monoisotopic (exact) mass is 228 g/mol. The molecule has 1 aromatic carbocycles. The summed E-state index contributed by atoms with van der Waals surface area (Å²) in [6.07, 6.45) is -0.480. The summed E-state index contributed by atoms with van der Waals surface area (Å²) in [5, 5.41) is 10.5. The van der Waals surface area contributed by atoms with E-state index in [0.29, 0.717) is 11.6 Å². The van der Waals surface area contributed by atoms with Crippen molar-refractivity contribution in [2.24, 2.45) is 0 Å². The van der Waals surface area contributed by atoms with E-state index in [1.165, 1.54) is 0 Å². The van der Waals surface area contributed by atoms with Gasteiger partial charge >= 0.3 is 0 Å². The lowest BCUT2D eigenvalue weighted by Crippen LogP contribution is -2.11. The van der Waals surface area contributed by atoms with Crippen LogP contribution in [-0.2, 0) is 4.74 Å². The Morgan fingerprint density at radius 1 is 1.40 bits per heavy atom. The summed E-state index contributed by atoms with van der Waals surface area (Å²) in [6, 6.07) is 5.55. The Balaban J connectivity index is 2.65. The van der Waals surface area contributed by atoms with Crippen LogP contribution >= 0.6 is 11.6 Å². The van der Waals surface area contributed by atoms with Crippen LogP contribution in [0.2, 0.25) is 5.02 Å². The molecule has 84 valence electrons. The fourth-order valence-corrected chi connectivity index (χ4v) is 1.39. The molecule has 1 rings (SSSR count). The van der Waals surface area contributed by atoms with Gasteiger partial charge in [-0.05, 0) is 38.0 Å². The number of aliphatic hydroxyl groups is 1. The van der Waals surface area contributed by atoms with Crippen LogP contribution in [0.3, 0.4) is 0 Å². The van der Waals surface area contributed by atoms with Crippen LogP contribution < -0.4 is 0 Å². The topological polar surface area (TPSA) is 29.5 Å². The van der Waals surface area contributed by atoms with Crippen molar-refractivity contribution in [3.05, 3.63) is 34.3 Å². The third kappa shape index (κ3) is 3.82. The van der Waals surface area contributed by atoms with Crippen molar-refractivity contribution in [1.29, 1.82) is 0 Å². The summed E-state index contributed by atoms with van der Waals surface area (Å²) in [7, 11) is 0. The highest BCUT2D eigenvalue weighted by atomic mass is 35.5. The molecule has 1 atom stereocenters. The van der Waals surface area contributed by atoms with Crippen LogP contribution in [0.15, 0.2) is 18.2 Å². The number of hydrogen-bond donors (Lipinski definition) is 1. The number of aryl methyl sites for hydroxylation is 1. The smallest absolute Gasteiger partial charge is 0.102 e. The molecule has 1 aromatic rings. The van der Waals surface area contributed by atoms with Crippen molar-refractivity contribution in [2.75, 3.05) is 6.61 Å². The Morgan fingerprint density at radius 3 is 2.60 bits per heavy atom. The lowest BCUT2D eigenvalue weighted by atomic mass is 10.1. The normalized spacial score (nSPS) is 13.2. The highest BCUT2D eigenvalue weighted by molar-refractivity contribution is 6.31. The molecule has 0 aromatic heterocycles. The minimum Gasteiger partial charge on any atom is -0.386 e. The summed E-state index contributed by atoms with van der Waals surface area (Å²) in [5.41, 5.74) is 1.81. The van der Waals surface area contributed by atoms with Crippen molar-refractivity contribution >= 4 is 11.6 Å². The Morgan fingerprint density at radius 2 is 2.07 bits per heavy atom.